The van der Waals surface area contributed by atoms with E-state index in [2.05, 4.69) is 18.2 Å². The van der Waals surface area contributed by atoms with Gasteiger partial charge in [-0.3, -0.25) is 9.69 Å². The minimum Gasteiger partial charge on any atom is -0.505 e. The molecule has 2 aliphatic rings. The molecule has 0 unspecified atom stereocenters. The zero-order valence-electron chi connectivity index (χ0n) is 12.7. The molecule has 1 heterocycles. The number of nitrogens with zero attached hydrogens (tertiary/aromatic N) is 1. The van der Waals surface area contributed by atoms with Crippen molar-refractivity contribution in [3.8, 4) is 5.75 Å². The lowest BCUT2D eigenvalue weighted by atomic mass is 10.0. The summed E-state index contributed by atoms with van der Waals surface area (Å²) >= 11 is 13.4. The molecule has 3 rings (SSSR count). The van der Waals surface area contributed by atoms with E-state index < -0.39 is 0 Å². The molecule has 1 aromatic rings. The van der Waals surface area contributed by atoms with Crippen LogP contribution in [0.3, 0.4) is 0 Å². The van der Waals surface area contributed by atoms with Gasteiger partial charge in [0, 0.05) is 29.3 Å². The number of allylic oxidation sites excluding steroid dienone is 5. The summed E-state index contributed by atoms with van der Waals surface area (Å²) < 4.78 is 0. The van der Waals surface area contributed by atoms with E-state index in [9.17, 15) is 9.90 Å². The van der Waals surface area contributed by atoms with Gasteiger partial charge in [0.15, 0.2) is 5.75 Å². The van der Waals surface area contributed by atoms with Crippen molar-refractivity contribution < 1.29 is 9.90 Å². The molecule has 0 radical (unpaired) electrons. The number of aromatic hydroxyl groups is 1. The van der Waals surface area contributed by atoms with Gasteiger partial charge in [-0.25, -0.2) is 0 Å². The highest BCUT2D eigenvalue weighted by Crippen LogP contribution is 2.35. The summed E-state index contributed by atoms with van der Waals surface area (Å²) in [6.45, 7) is 0. The lowest BCUT2D eigenvalue weighted by Gasteiger charge is -2.21. The van der Waals surface area contributed by atoms with Gasteiger partial charge in [0.2, 0.25) is 0 Å². The third-order valence-electron chi connectivity index (χ3n) is 3.72. The quantitative estimate of drug-likeness (QED) is 0.713. The Morgan fingerprint density at radius 3 is 2.71 bits per heavy atom. The van der Waals surface area contributed by atoms with Crippen molar-refractivity contribution in [1.29, 1.82) is 0 Å². The van der Waals surface area contributed by atoms with E-state index in [1.54, 1.807) is 18.0 Å². The van der Waals surface area contributed by atoms with Crippen LogP contribution in [-0.4, -0.2) is 15.9 Å². The highest BCUT2D eigenvalue weighted by molar-refractivity contribution is 8.05. The van der Waals surface area contributed by atoms with Crippen LogP contribution in [0.15, 0.2) is 58.6 Å². The first-order chi connectivity index (χ1) is 11.5. The Morgan fingerprint density at radius 2 is 2.04 bits per heavy atom. The third kappa shape index (κ3) is 3.89. The van der Waals surface area contributed by atoms with E-state index >= 15 is 0 Å². The Morgan fingerprint density at radius 1 is 1.29 bits per heavy atom. The molecule has 0 saturated heterocycles. The van der Waals surface area contributed by atoms with Crippen molar-refractivity contribution in [3.05, 3.63) is 74.3 Å². The second-order valence-corrected chi connectivity index (χ2v) is 7.31. The monoisotopic (exact) mass is 379 g/mol. The average Bonchev–Trinajstić information content (AvgIpc) is 2.59. The van der Waals surface area contributed by atoms with Crippen LogP contribution in [0.1, 0.15) is 29.6 Å². The highest BCUT2D eigenvalue weighted by Gasteiger charge is 2.19. The summed E-state index contributed by atoms with van der Waals surface area (Å²) in [6.07, 6.45) is 12.9. The van der Waals surface area contributed by atoms with E-state index in [0.29, 0.717) is 5.56 Å². The molecular formula is C18H15Cl2NO2S. The van der Waals surface area contributed by atoms with Crippen molar-refractivity contribution in [2.75, 3.05) is 0 Å². The molecule has 0 atom stereocenters. The van der Waals surface area contributed by atoms with Gasteiger partial charge >= 0.3 is 0 Å². The molecule has 1 amide bonds. The van der Waals surface area contributed by atoms with E-state index in [-0.39, 0.29) is 21.7 Å². The molecule has 0 fully saturated rings. The second-order valence-electron chi connectivity index (χ2n) is 5.47. The number of carbonyl (C=O) groups is 1. The molecule has 0 bridgehead atoms. The molecule has 0 aromatic heterocycles. The van der Waals surface area contributed by atoms with Gasteiger partial charge in [0.25, 0.3) is 5.91 Å². The van der Waals surface area contributed by atoms with Crippen LogP contribution >= 0.6 is 35.0 Å². The average molecular weight is 380 g/mol. The summed E-state index contributed by atoms with van der Waals surface area (Å²) in [5, 5.41) is 11.6. The number of rotatable bonds is 3. The van der Waals surface area contributed by atoms with Gasteiger partial charge in [0.05, 0.1) is 10.0 Å². The van der Waals surface area contributed by atoms with Crippen LogP contribution in [-0.2, 0) is 0 Å². The SMILES string of the molecule is O=C(c1cc(Cl)c(O)c(Cl)c1)N1C=CSC(CC2=CC=CCC2)=C1. The predicted molar refractivity (Wildman–Crippen MR) is 100 cm³/mol. The van der Waals surface area contributed by atoms with E-state index in [1.807, 2.05) is 11.6 Å². The first-order valence-electron chi connectivity index (χ1n) is 7.44. The number of phenols is 1. The van der Waals surface area contributed by atoms with E-state index in [1.165, 1.54) is 22.6 Å². The minimum atomic E-state index is -0.245. The van der Waals surface area contributed by atoms with Crippen molar-refractivity contribution >= 4 is 40.9 Å². The maximum absolute atomic E-state index is 12.6. The molecule has 0 saturated carbocycles. The Labute approximate surface area is 154 Å². The smallest absolute Gasteiger partial charge is 0.262 e. The Balaban J connectivity index is 1.79. The van der Waals surface area contributed by atoms with Crippen molar-refractivity contribution in [2.24, 2.45) is 0 Å². The molecule has 3 nitrogen and oxygen atoms in total. The molecule has 0 spiro atoms. The normalized spacial score (nSPS) is 16.8. The maximum Gasteiger partial charge on any atom is 0.262 e. The molecule has 1 aliphatic carbocycles. The Kier molecular flexibility index (Phi) is 5.39. The molecule has 24 heavy (non-hydrogen) atoms. The van der Waals surface area contributed by atoms with Gasteiger partial charge in [-0.2, -0.15) is 0 Å². The summed E-state index contributed by atoms with van der Waals surface area (Å²) in [7, 11) is 0. The zero-order chi connectivity index (χ0) is 17.1. The number of thioether (sulfide) groups is 1. The van der Waals surface area contributed by atoms with E-state index in [0.717, 1.165) is 24.2 Å². The Hall–Kier alpha value is -1.62. The highest BCUT2D eigenvalue weighted by atomic mass is 35.5. The maximum atomic E-state index is 12.6. The zero-order valence-corrected chi connectivity index (χ0v) is 15.0. The molecule has 1 N–H and O–H groups in total. The van der Waals surface area contributed by atoms with E-state index in [4.69, 9.17) is 23.2 Å². The van der Waals surface area contributed by atoms with Gasteiger partial charge in [-0.05, 0) is 30.4 Å². The first-order valence-corrected chi connectivity index (χ1v) is 9.07. The fraction of sp³-hybridized carbons (Fsp3) is 0.167. The number of halogens is 2. The largest absolute Gasteiger partial charge is 0.505 e. The van der Waals surface area contributed by atoms with Gasteiger partial charge in [0.1, 0.15) is 0 Å². The molecule has 1 aliphatic heterocycles. The summed E-state index contributed by atoms with van der Waals surface area (Å²) in [5.74, 6) is -0.460. The summed E-state index contributed by atoms with van der Waals surface area (Å²) in [4.78, 5) is 15.3. The fourth-order valence-corrected chi connectivity index (χ4v) is 3.78. The number of hydrogen-bond acceptors (Lipinski definition) is 3. The van der Waals surface area contributed by atoms with Crippen LogP contribution in [0, 0.1) is 0 Å². The lowest BCUT2D eigenvalue weighted by molar-refractivity contribution is 0.0869. The number of carbonyl (C=O) groups excluding carboxylic acids is 1. The standard InChI is InChI=1S/C18H15Cl2NO2S/c19-15-9-13(10-16(20)17(15)22)18(23)21-6-7-24-14(11-21)8-12-4-2-1-3-5-12/h1-2,4,6-7,9-11,22H,3,5,8H2. The van der Waals surface area contributed by atoms with Crippen molar-refractivity contribution in [3.63, 3.8) is 0 Å². The van der Waals surface area contributed by atoms with Crippen LogP contribution in [0.4, 0.5) is 0 Å². The molecule has 1 aromatic carbocycles. The lowest BCUT2D eigenvalue weighted by Crippen LogP contribution is -2.21. The van der Waals surface area contributed by atoms with Gasteiger partial charge in [-0.15, -0.1) is 0 Å². The number of benzene rings is 1. The third-order valence-corrected chi connectivity index (χ3v) is 5.11. The van der Waals surface area contributed by atoms with Crippen LogP contribution in [0.2, 0.25) is 10.0 Å². The topological polar surface area (TPSA) is 40.5 Å². The van der Waals surface area contributed by atoms with Crippen molar-refractivity contribution in [1.82, 2.24) is 4.90 Å². The van der Waals surface area contributed by atoms with Gasteiger partial charge < -0.3 is 5.11 Å². The summed E-state index contributed by atoms with van der Waals surface area (Å²) in [6, 6.07) is 2.84. The summed E-state index contributed by atoms with van der Waals surface area (Å²) in [5.41, 5.74) is 1.68. The Bertz CT molecular complexity index is 773. The van der Waals surface area contributed by atoms with Gasteiger partial charge in [-0.1, -0.05) is 58.8 Å². The second kappa shape index (κ2) is 7.51. The predicted octanol–water partition coefficient (Wildman–Crippen LogP) is 5.87. The minimum absolute atomic E-state index is 0.0598. The molecule has 124 valence electrons. The first kappa shape index (κ1) is 17.2. The number of amides is 1. The van der Waals surface area contributed by atoms with Crippen LogP contribution in [0.5, 0.6) is 5.75 Å². The van der Waals surface area contributed by atoms with Crippen molar-refractivity contribution in [2.45, 2.75) is 19.3 Å². The molecule has 6 heteroatoms. The molecular weight excluding hydrogens is 365 g/mol. The number of hydrogen-bond donors (Lipinski definition) is 1. The van der Waals surface area contributed by atoms with Crippen LogP contribution < -0.4 is 0 Å². The van der Waals surface area contributed by atoms with Crippen LogP contribution in [0.25, 0.3) is 0 Å². The number of phenolic OH excluding ortho intramolecular Hbond substituents is 1. The fourth-order valence-electron chi connectivity index (χ4n) is 2.49.